The standard InChI is InChI=1S/C19H19N3O5S/c1-3-11-9-13(18(24)26-4-2)17(28-11)20-15(23)10-27-19(25)16-12-7-5-6-8-14(12)21-22-16/h5-9H,3-4,10H2,1-2H3,(H,20,23)(H,21,22). The summed E-state index contributed by atoms with van der Waals surface area (Å²) in [6.07, 6.45) is 0.716. The van der Waals surface area contributed by atoms with Crippen LogP contribution < -0.4 is 5.32 Å². The number of ether oxygens (including phenoxy) is 2. The Labute approximate surface area is 164 Å². The number of thiophene rings is 1. The Kier molecular flexibility index (Phi) is 6.05. The highest BCUT2D eigenvalue weighted by molar-refractivity contribution is 7.16. The highest BCUT2D eigenvalue weighted by atomic mass is 32.1. The highest BCUT2D eigenvalue weighted by Gasteiger charge is 2.20. The number of nitrogens with zero attached hydrogens (tertiary/aromatic N) is 1. The van der Waals surface area contributed by atoms with E-state index in [2.05, 4.69) is 15.5 Å². The smallest absolute Gasteiger partial charge is 0.359 e. The Hall–Kier alpha value is -3.20. The lowest BCUT2D eigenvalue weighted by Gasteiger charge is -2.06. The van der Waals surface area contributed by atoms with Crippen LogP contribution in [0.25, 0.3) is 10.9 Å². The maximum atomic E-state index is 12.2. The molecule has 2 heterocycles. The van der Waals surface area contributed by atoms with Gasteiger partial charge in [-0.25, -0.2) is 9.59 Å². The highest BCUT2D eigenvalue weighted by Crippen LogP contribution is 2.29. The number of aryl methyl sites for hydroxylation is 1. The van der Waals surface area contributed by atoms with Gasteiger partial charge < -0.3 is 14.8 Å². The van der Waals surface area contributed by atoms with Crippen molar-refractivity contribution >= 4 is 45.1 Å². The first-order valence-corrected chi connectivity index (χ1v) is 9.55. The molecular weight excluding hydrogens is 382 g/mol. The van der Waals surface area contributed by atoms with E-state index < -0.39 is 24.5 Å². The van der Waals surface area contributed by atoms with Gasteiger partial charge in [0.15, 0.2) is 12.3 Å². The second kappa shape index (κ2) is 8.66. The number of fused-ring (bicyclic) bond motifs is 1. The number of aromatic amines is 1. The van der Waals surface area contributed by atoms with Gasteiger partial charge in [-0.1, -0.05) is 25.1 Å². The molecule has 0 atom stereocenters. The number of H-pyrrole nitrogens is 1. The maximum Gasteiger partial charge on any atom is 0.359 e. The van der Waals surface area contributed by atoms with Gasteiger partial charge in [-0.05, 0) is 25.5 Å². The molecule has 9 heteroatoms. The Morgan fingerprint density at radius 3 is 2.68 bits per heavy atom. The van der Waals surface area contributed by atoms with Gasteiger partial charge in [-0.3, -0.25) is 9.89 Å². The summed E-state index contributed by atoms with van der Waals surface area (Å²) < 4.78 is 10.1. The van der Waals surface area contributed by atoms with Crippen LogP contribution in [0, 0.1) is 0 Å². The number of hydrogen-bond donors (Lipinski definition) is 2. The number of nitrogens with one attached hydrogen (secondary N) is 2. The zero-order valence-electron chi connectivity index (χ0n) is 15.4. The molecule has 3 aromatic rings. The fraction of sp³-hybridized carbons (Fsp3) is 0.263. The van der Waals surface area contributed by atoms with Crippen molar-refractivity contribution < 1.29 is 23.9 Å². The van der Waals surface area contributed by atoms with E-state index in [1.54, 1.807) is 31.2 Å². The summed E-state index contributed by atoms with van der Waals surface area (Å²) in [4.78, 5) is 37.4. The lowest BCUT2D eigenvalue weighted by Crippen LogP contribution is -2.21. The van der Waals surface area contributed by atoms with Crippen molar-refractivity contribution in [1.82, 2.24) is 10.2 Å². The largest absolute Gasteiger partial charge is 0.462 e. The van der Waals surface area contributed by atoms with E-state index in [1.807, 2.05) is 13.0 Å². The molecule has 146 valence electrons. The number of hydrogen-bond acceptors (Lipinski definition) is 7. The second-order valence-electron chi connectivity index (χ2n) is 5.77. The SMILES string of the molecule is CCOC(=O)c1cc(CC)sc1NC(=O)COC(=O)c1n[nH]c2ccccc12. The van der Waals surface area contributed by atoms with Crippen molar-refractivity contribution in [2.24, 2.45) is 0 Å². The number of esters is 2. The van der Waals surface area contributed by atoms with Crippen molar-refractivity contribution in [2.75, 3.05) is 18.5 Å². The molecule has 0 aliphatic rings. The van der Waals surface area contributed by atoms with Gasteiger partial charge in [0, 0.05) is 10.3 Å². The van der Waals surface area contributed by atoms with Gasteiger partial charge in [0.05, 0.1) is 17.7 Å². The molecule has 28 heavy (non-hydrogen) atoms. The normalized spacial score (nSPS) is 10.6. The number of carbonyl (C=O) groups is 3. The fourth-order valence-electron chi connectivity index (χ4n) is 2.55. The average molecular weight is 401 g/mol. The third-order valence-corrected chi connectivity index (χ3v) is 5.07. The summed E-state index contributed by atoms with van der Waals surface area (Å²) in [6.45, 7) is 3.39. The topological polar surface area (TPSA) is 110 Å². The predicted molar refractivity (Wildman–Crippen MR) is 105 cm³/mol. The minimum Gasteiger partial charge on any atom is -0.462 e. The molecule has 0 unspecified atom stereocenters. The molecule has 3 rings (SSSR count). The molecule has 0 bridgehead atoms. The summed E-state index contributed by atoms with van der Waals surface area (Å²) in [6, 6.07) is 8.81. The Morgan fingerprint density at radius 2 is 1.93 bits per heavy atom. The molecule has 0 aliphatic heterocycles. The van der Waals surface area contributed by atoms with Crippen LogP contribution in [-0.2, 0) is 20.7 Å². The van der Waals surface area contributed by atoms with Crippen LogP contribution in [0.3, 0.4) is 0 Å². The number of aromatic nitrogens is 2. The van der Waals surface area contributed by atoms with Gasteiger partial charge in [-0.15, -0.1) is 11.3 Å². The van der Waals surface area contributed by atoms with Gasteiger partial charge in [0.1, 0.15) is 5.00 Å². The number of anilines is 1. The average Bonchev–Trinajstić information content (AvgIpc) is 3.30. The van der Waals surface area contributed by atoms with E-state index in [4.69, 9.17) is 9.47 Å². The van der Waals surface area contributed by atoms with Crippen molar-refractivity contribution in [3.8, 4) is 0 Å². The number of amides is 1. The quantitative estimate of drug-likeness (QED) is 0.589. The predicted octanol–water partition coefficient (Wildman–Crippen LogP) is 3.16. The number of carbonyl (C=O) groups excluding carboxylic acids is 3. The minimum atomic E-state index is -0.710. The van der Waals surface area contributed by atoms with Gasteiger partial charge in [-0.2, -0.15) is 5.10 Å². The summed E-state index contributed by atoms with van der Waals surface area (Å²) in [5.74, 6) is -1.77. The van der Waals surface area contributed by atoms with E-state index >= 15 is 0 Å². The summed E-state index contributed by atoms with van der Waals surface area (Å²) in [5, 5.41) is 10.3. The van der Waals surface area contributed by atoms with Gasteiger partial charge in [0.25, 0.3) is 5.91 Å². The van der Waals surface area contributed by atoms with Crippen molar-refractivity contribution in [1.29, 1.82) is 0 Å². The third-order valence-electron chi connectivity index (χ3n) is 3.88. The van der Waals surface area contributed by atoms with Gasteiger partial charge >= 0.3 is 11.9 Å². The molecule has 1 aromatic carbocycles. The summed E-state index contributed by atoms with van der Waals surface area (Å²) >= 11 is 1.29. The molecule has 2 N–H and O–H groups in total. The van der Waals surface area contributed by atoms with Crippen LogP contribution >= 0.6 is 11.3 Å². The molecule has 2 aromatic heterocycles. The number of para-hydroxylation sites is 1. The lowest BCUT2D eigenvalue weighted by molar-refractivity contribution is -0.119. The molecule has 0 spiro atoms. The van der Waals surface area contributed by atoms with Crippen LogP contribution in [0.5, 0.6) is 0 Å². The fourth-order valence-corrected chi connectivity index (χ4v) is 3.55. The zero-order chi connectivity index (χ0) is 20.1. The van der Waals surface area contributed by atoms with E-state index in [9.17, 15) is 14.4 Å². The molecule has 0 saturated heterocycles. The van der Waals surface area contributed by atoms with Crippen LogP contribution in [-0.4, -0.2) is 41.3 Å². The molecule has 1 amide bonds. The van der Waals surface area contributed by atoms with Gasteiger partial charge in [0.2, 0.25) is 0 Å². The Bertz CT molecular complexity index is 1020. The summed E-state index contributed by atoms with van der Waals surface area (Å²) in [5.41, 5.74) is 1.10. The van der Waals surface area contributed by atoms with E-state index in [0.29, 0.717) is 27.9 Å². The Balaban J connectivity index is 1.65. The molecule has 0 fully saturated rings. The maximum absolute atomic E-state index is 12.2. The van der Waals surface area contributed by atoms with Crippen LogP contribution in [0.2, 0.25) is 0 Å². The van der Waals surface area contributed by atoms with Crippen molar-refractivity contribution in [3.63, 3.8) is 0 Å². The number of benzene rings is 1. The molecule has 0 saturated carbocycles. The van der Waals surface area contributed by atoms with E-state index in [1.165, 1.54) is 11.3 Å². The lowest BCUT2D eigenvalue weighted by atomic mass is 10.2. The summed E-state index contributed by atoms with van der Waals surface area (Å²) in [7, 11) is 0. The first kappa shape index (κ1) is 19.6. The van der Waals surface area contributed by atoms with Crippen LogP contribution in [0.4, 0.5) is 5.00 Å². The monoisotopic (exact) mass is 401 g/mol. The molecular formula is C19H19N3O5S. The molecule has 8 nitrogen and oxygen atoms in total. The minimum absolute atomic E-state index is 0.111. The second-order valence-corrected chi connectivity index (χ2v) is 6.91. The Morgan fingerprint density at radius 1 is 1.14 bits per heavy atom. The molecule has 0 radical (unpaired) electrons. The first-order chi connectivity index (χ1) is 13.5. The van der Waals surface area contributed by atoms with E-state index in [0.717, 1.165) is 4.88 Å². The molecule has 0 aliphatic carbocycles. The van der Waals surface area contributed by atoms with Crippen LogP contribution in [0.15, 0.2) is 30.3 Å². The zero-order valence-corrected chi connectivity index (χ0v) is 16.2. The van der Waals surface area contributed by atoms with E-state index in [-0.39, 0.29) is 12.3 Å². The third kappa shape index (κ3) is 4.20. The van der Waals surface area contributed by atoms with Crippen LogP contribution in [0.1, 0.15) is 39.6 Å². The first-order valence-electron chi connectivity index (χ1n) is 8.73. The number of rotatable bonds is 7. The van der Waals surface area contributed by atoms with Crippen molar-refractivity contribution in [2.45, 2.75) is 20.3 Å². The van der Waals surface area contributed by atoms with Crippen molar-refractivity contribution in [3.05, 3.63) is 46.5 Å².